The Morgan fingerprint density at radius 1 is 0.340 bits per heavy atom. The van der Waals surface area contributed by atoms with E-state index in [1.54, 1.807) is 0 Å². The average Bonchev–Trinajstić information content (AvgIpc) is 1.56. The smallest absolute Gasteiger partial charge is 0.462 e. The molecule has 0 spiro atoms. The highest BCUT2D eigenvalue weighted by molar-refractivity contribution is 7.47. The fourth-order valence-electron chi connectivity index (χ4n) is 10.7. The van der Waals surface area contributed by atoms with E-state index in [-0.39, 0.29) is 32.0 Å². The van der Waals surface area contributed by atoms with E-state index in [9.17, 15) is 19.0 Å². The van der Waals surface area contributed by atoms with E-state index in [0.717, 1.165) is 103 Å². The number of esters is 2. The number of hydrogen-bond acceptors (Lipinski definition) is 7. The summed E-state index contributed by atoms with van der Waals surface area (Å²) in [5.41, 5.74) is 0. The topological polar surface area (TPSA) is 108 Å². The molecule has 0 aliphatic heterocycles. The van der Waals surface area contributed by atoms with Crippen LogP contribution in [0.15, 0.2) is 134 Å². The van der Waals surface area contributed by atoms with Gasteiger partial charge in [-0.05, 0) is 116 Å². The molecule has 1 N–H and O–H groups in total. The van der Waals surface area contributed by atoms with Crippen molar-refractivity contribution in [3.63, 3.8) is 0 Å². The molecule has 9 nitrogen and oxygen atoms in total. The summed E-state index contributed by atoms with van der Waals surface area (Å²) in [6, 6.07) is 0. The van der Waals surface area contributed by atoms with Gasteiger partial charge in [0.2, 0.25) is 0 Å². The highest BCUT2D eigenvalue weighted by atomic mass is 31.2. The molecule has 0 heterocycles. The molecule has 0 rings (SSSR count). The first-order valence-corrected chi connectivity index (χ1v) is 40.4. The van der Waals surface area contributed by atoms with Gasteiger partial charge >= 0.3 is 19.8 Å². The number of unbranched alkanes of at least 4 members (excludes halogenated alkanes) is 35. The molecule has 0 aromatic rings. The minimum absolute atomic E-state index is 0.0279. The van der Waals surface area contributed by atoms with Crippen LogP contribution < -0.4 is 0 Å². The summed E-state index contributed by atoms with van der Waals surface area (Å²) < 4.78 is 34.8. The Labute approximate surface area is 581 Å². The summed E-state index contributed by atoms with van der Waals surface area (Å²) >= 11 is 0. The molecule has 540 valence electrons. The fraction of sp³-hybridized carbons (Fsp3) is 0.714. The van der Waals surface area contributed by atoms with E-state index in [2.05, 4.69) is 148 Å². The van der Waals surface area contributed by atoms with Crippen LogP contribution in [0.1, 0.15) is 335 Å². The zero-order valence-electron chi connectivity index (χ0n) is 61.7. The van der Waals surface area contributed by atoms with Crippen molar-refractivity contribution in [3.05, 3.63) is 134 Å². The lowest BCUT2D eigenvalue weighted by Crippen LogP contribution is -2.37. The van der Waals surface area contributed by atoms with E-state index in [0.29, 0.717) is 17.4 Å². The maximum Gasteiger partial charge on any atom is 0.472 e. The third kappa shape index (κ3) is 77.2. The molecular weight excluding hydrogens is 1180 g/mol. The van der Waals surface area contributed by atoms with Gasteiger partial charge < -0.3 is 18.9 Å². The van der Waals surface area contributed by atoms with Crippen LogP contribution in [0.2, 0.25) is 0 Å². The lowest BCUT2D eigenvalue weighted by Gasteiger charge is -2.24. The number of nitrogens with zero attached hydrogens (tertiary/aromatic N) is 1. The first-order chi connectivity index (χ1) is 46.0. The summed E-state index contributed by atoms with van der Waals surface area (Å²) in [7, 11) is 1.48. The van der Waals surface area contributed by atoms with Gasteiger partial charge in [0.25, 0.3) is 0 Å². The number of quaternary nitrogens is 1. The van der Waals surface area contributed by atoms with E-state index in [4.69, 9.17) is 18.5 Å². The molecule has 0 aromatic heterocycles. The van der Waals surface area contributed by atoms with Crippen LogP contribution in [0.5, 0.6) is 0 Å². The maximum absolute atomic E-state index is 12.9. The Balaban J connectivity index is 4.01. The first kappa shape index (κ1) is 90.2. The highest BCUT2D eigenvalue weighted by Gasteiger charge is 2.27. The quantitative estimate of drug-likeness (QED) is 0.0211. The molecule has 2 unspecified atom stereocenters. The lowest BCUT2D eigenvalue weighted by atomic mass is 10.0. The molecule has 0 amide bonds. The second-order valence-electron chi connectivity index (χ2n) is 27.0. The van der Waals surface area contributed by atoms with E-state index >= 15 is 0 Å². The molecule has 0 saturated carbocycles. The van der Waals surface area contributed by atoms with Gasteiger partial charge in [0.1, 0.15) is 19.8 Å². The van der Waals surface area contributed by atoms with Gasteiger partial charge in [0, 0.05) is 12.8 Å². The molecule has 10 heteroatoms. The Bertz CT molecular complexity index is 2050. The van der Waals surface area contributed by atoms with Crippen LogP contribution in [0.3, 0.4) is 0 Å². The second kappa shape index (κ2) is 73.4. The van der Waals surface area contributed by atoms with Crippen molar-refractivity contribution in [3.8, 4) is 0 Å². The molecule has 0 aromatic carbocycles. The summed E-state index contributed by atoms with van der Waals surface area (Å²) in [5, 5.41) is 0. The Kier molecular flexibility index (Phi) is 70.4. The lowest BCUT2D eigenvalue weighted by molar-refractivity contribution is -0.870. The number of likely N-dealkylation sites (N-methyl/N-ethyl adjacent to an activating group) is 1. The van der Waals surface area contributed by atoms with Gasteiger partial charge in [-0.25, -0.2) is 4.57 Å². The van der Waals surface area contributed by atoms with Crippen LogP contribution in [0, 0.1) is 0 Å². The molecular formula is C84H147NO8P+. The van der Waals surface area contributed by atoms with Crippen molar-refractivity contribution in [2.24, 2.45) is 0 Å². The third-order valence-electron chi connectivity index (χ3n) is 16.7. The van der Waals surface area contributed by atoms with Gasteiger partial charge in [-0.2, -0.15) is 0 Å². The zero-order chi connectivity index (χ0) is 68.3. The van der Waals surface area contributed by atoms with Crippen LogP contribution in [-0.4, -0.2) is 74.9 Å². The molecule has 0 aliphatic rings. The number of phosphoric acid groups is 1. The Hall–Kier alpha value is -3.85. The molecule has 94 heavy (non-hydrogen) atoms. The first-order valence-electron chi connectivity index (χ1n) is 38.9. The van der Waals surface area contributed by atoms with Gasteiger partial charge in [-0.1, -0.05) is 340 Å². The van der Waals surface area contributed by atoms with Crippen molar-refractivity contribution in [1.82, 2.24) is 0 Å². The van der Waals surface area contributed by atoms with E-state index in [1.165, 1.54) is 199 Å². The maximum atomic E-state index is 12.9. The van der Waals surface area contributed by atoms with Gasteiger partial charge in [0.05, 0.1) is 27.7 Å². The molecule has 2 atom stereocenters. The fourth-order valence-corrected chi connectivity index (χ4v) is 11.5. The van der Waals surface area contributed by atoms with E-state index in [1.807, 2.05) is 21.1 Å². The van der Waals surface area contributed by atoms with Crippen LogP contribution in [0.4, 0.5) is 0 Å². The van der Waals surface area contributed by atoms with Crippen molar-refractivity contribution < 1.29 is 42.1 Å². The minimum atomic E-state index is -4.40. The van der Waals surface area contributed by atoms with E-state index < -0.39 is 26.5 Å². The number of hydrogen-bond donors (Lipinski definition) is 1. The molecule has 0 bridgehead atoms. The number of rotatable bonds is 71. The summed E-state index contributed by atoms with van der Waals surface area (Å²) in [6.07, 6.45) is 107. The van der Waals surface area contributed by atoms with Crippen molar-refractivity contribution in [2.75, 3.05) is 47.5 Å². The predicted molar refractivity (Wildman–Crippen MR) is 408 cm³/mol. The SMILES string of the molecule is CC/C=C\C/C=C\C/C=C\C/C=C\C/C=C\C/C=C\C/C=C\C/C=C\CCCCCCCCCCCCCCCCC(=O)OC(COC(=O)CCCCCCCCCCCCCCCCCC/C=C\C/C=C\C/C=C\CCCCCCC)COP(=O)(O)OCC[N+](C)(C)C. The zero-order valence-corrected chi connectivity index (χ0v) is 62.6. The van der Waals surface area contributed by atoms with Crippen LogP contribution >= 0.6 is 7.82 Å². The van der Waals surface area contributed by atoms with Crippen molar-refractivity contribution >= 4 is 19.8 Å². The molecule has 0 radical (unpaired) electrons. The number of allylic oxidation sites excluding steroid dienone is 22. The predicted octanol–water partition coefficient (Wildman–Crippen LogP) is 25.9. The summed E-state index contributed by atoms with van der Waals surface area (Å²) in [5.74, 6) is -0.792. The highest BCUT2D eigenvalue weighted by Crippen LogP contribution is 2.43. The number of carbonyl (C=O) groups is 2. The molecule has 0 saturated heterocycles. The molecule has 0 fully saturated rings. The minimum Gasteiger partial charge on any atom is -0.462 e. The number of ether oxygens (including phenoxy) is 2. The summed E-state index contributed by atoms with van der Waals surface area (Å²) in [6.45, 7) is 4.33. The Morgan fingerprint density at radius 3 is 0.904 bits per heavy atom. The van der Waals surface area contributed by atoms with Crippen LogP contribution in [-0.2, 0) is 32.7 Å². The molecule has 0 aliphatic carbocycles. The normalized spacial score (nSPS) is 13.8. The van der Waals surface area contributed by atoms with Crippen molar-refractivity contribution in [1.29, 1.82) is 0 Å². The number of phosphoric ester groups is 1. The third-order valence-corrected chi connectivity index (χ3v) is 17.6. The second-order valence-corrected chi connectivity index (χ2v) is 28.5. The van der Waals surface area contributed by atoms with Gasteiger partial charge in [-0.3, -0.25) is 18.6 Å². The Morgan fingerprint density at radius 2 is 0.606 bits per heavy atom. The van der Waals surface area contributed by atoms with Crippen molar-refractivity contribution in [2.45, 2.75) is 341 Å². The average molecular weight is 1330 g/mol. The van der Waals surface area contributed by atoms with Gasteiger partial charge in [0.15, 0.2) is 6.10 Å². The van der Waals surface area contributed by atoms with Crippen LogP contribution in [0.25, 0.3) is 0 Å². The largest absolute Gasteiger partial charge is 0.472 e. The monoisotopic (exact) mass is 1330 g/mol. The standard InChI is InChI=1S/C84H146NO8P/c1-6-8-10-12-14-16-18-20-22-24-26-28-30-32-34-36-38-39-40-41-42-43-44-45-47-49-51-53-55-57-59-61-63-65-67-69-71-73-75-77-84(87)93-82(81-92-94(88,89)91-79-78-85(3,4)5)80-90-83(86)76-74-72-70-68-66-64-62-60-58-56-54-52-50-48-46-37-35-33-31-29-27-25-23-21-19-17-15-13-11-9-7-2/h8,10,14,16,19-22,25-28,31-34,38-39,41-42,44-45,82H,6-7,9,11-13,15,17-18,23-24,29-30,35-37,40,43,46-81H2,1-5H3/p+1/b10-8-,16-14-,21-19-,22-20-,27-25-,28-26-,33-31-,34-32-,39-38-,42-41-,45-44-. The number of carbonyl (C=O) groups excluding carboxylic acids is 2. The van der Waals surface area contributed by atoms with Gasteiger partial charge in [-0.15, -0.1) is 0 Å². The summed E-state index contributed by atoms with van der Waals surface area (Å²) in [4.78, 5) is 36.0.